The minimum absolute atomic E-state index is 0.136. The predicted octanol–water partition coefficient (Wildman–Crippen LogP) is 2.15. The predicted molar refractivity (Wildman–Crippen MR) is 67.2 cm³/mol. The zero-order chi connectivity index (χ0) is 12.1. The number of hydrogen-bond acceptors (Lipinski definition) is 4. The quantitative estimate of drug-likeness (QED) is 0.622. The monoisotopic (exact) mass is 235 g/mol. The van der Waals surface area contributed by atoms with Gasteiger partial charge in [-0.1, -0.05) is 12.5 Å². The molecule has 0 saturated carbocycles. The number of nitro benzene ring substituents is 1. The van der Waals surface area contributed by atoms with Gasteiger partial charge in [-0.3, -0.25) is 10.1 Å². The summed E-state index contributed by atoms with van der Waals surface area (Å²) < 4.78 is 0. The lowest BCUT2D eigenvalue weighted by atomic mass is 10.1. The van der Waals surface area contributed by atoms with E-state index in [2.05, 4.69) is 10.6 Å². The van der Waals surface area contributed by atoms with E-state index in [9.17, 15) is 10.1 Å². The van der Waals surface area contributed by atoms with Crippen LogP contribution >= 0.6 is 0 Å². The van der Waals surface area contributed by atoms with Crippen molar-refractivity contribution in [1.82, 2.24) is 5.32 Å². The van der Waals surface area contributed by atoms with E-state index >= 15 is 0 Å². The Bertz CT molecular complexity index is 387. The Morgan fingerprint density at radius 1 is 1.41 bits per heavy atom. The van der Waals surface area contributed by atoms with Crippen LogP contribution in [0.2, 0.25) is 0 Å². The normalized spacial score (nSPS) is 20.6. The van der Waals surface area contributed by atoms with Gasteiger partial charge in [0.2, 0.25) is 0 Å². The SMILES string of the molecule is O=[N+]([O-])c1cccc(NC2CCCCNC2)c1. The Morgan fingerprint density at radius 3 is 3.12 bits per heavy atom. The third-order valence-corrected chi connectivity index (χ3v) is 2.97. The van der Waals surface area contributed by atoms with Gasteiger partial charge in [0.15, 0.2) is 0 Å². The molecule has 0 bridgehead atoms. The van der Waals surface area contributed by atoms with E-state index in [0.29, 0.717) is 6.04 Å². The molecule has 5 heteroatoms. The maximum Gasteiger partial charge on any atom is 0.271 e. The molecule has 0 amide bonds. The van der Waals surface area contributed by atoms with Gasteiger partial charge in [0.05, 0.1) is 4.92 Å². The molecule has 0 aliphatic carbocycles. The molecule has 2 N–H and O–H groups in total. The molecule has 1 aromatic rings. The molecule has 1 aliphatic heterocycles. The average Bonchev–Trinajstić information content (AvgIpc) is 2.58. The topological polar surface area (TPSA) is 67.2 Å². The summed E-state index contributed by atoms with van der Waals surface area (Å²) in [6.45, 7) is 1.98. The van der Waals surface area contributed by atoms with Crippen molar-refractivity contribution in [2.45, 2.75) is 25.3 Å². The van der Waals surface area contributed by atoms with Crippen molar-refractivity contribution in [2.24, 2.45) is 0 Å². The van der Waals surface area contributed by atoms with Crippen molar-refractivity contribution in [3.63, 3.8) is 0 Å². The number of hydrogen-bond donors (Lipinski definition) is 2. The number of nitrogens with one attached hydrogen (secondary N) is 2. The largest absolute Gasteiger partial charge is 0.381 e. The van der Waals surface area contributed by atoms with Crippen LogP contribution in [0.5, 0.6) is 0 Å². The van der Waals surface area contributed by atoms with Gasteiger partial charge < -0.3 is 10.6 Å². The van der Waals surface area contributed by atoms with Gasteiger partial charge in [0.1, 0.15) is 0 Å². The Balaban J connectivity index is 2.01. The lowest BCUT2D eigenvalue weighted by Gasteiger charge is -2.17. The second-order valence-corrected chi connectivity index (χ2v) is 4.35. The molecular formula is C12H17N3O2. The van der Waals surface area contributed by atoms with Crippen LogP contribution in [0.25, 0.3) is 0 Å². The average molecular weight is 235 g/mol. The number of nitro groups is 1. The highest BCUT2D eigenvalue weighted by Gasteiger charge is 2.12. The molecule has 1 atom stereocenters. The van der Waals surface area contributed by atoms with Crippen molar-refractivity contribution in [3.05, 3.63) is 34.4 Å². The maximum absolute atomic E-state index is 10.7. The van der Waals surface area contributed by atoms with Crippen molar-refractivity contribution in [3.8, 4) is 0 Å². The second-order valence-electron chi connectivity index (χ2n) is 4.35. The Labute approximate surface area is 100 Å². The van der Waals surface area contributed by atoms with Crippen LogP contribution in [-0.2, 0) is 0 Å². The zero-order valence-corrected chi connectivity index (χ0v) is 9.69. The molecule has 2 rings (SSSR count). The summed E-state index contributed by atoms with van der Waals surface area (Å²) in [4.78, 5) is 10.3. The van der Waals surface area contributed by atoms with Gasteiger partial charge in [-0.25, -0.2) is 0 Å². The number of non-ortho nitro benzene ring substituents is 1. The van der Waals surface area contributed by atoms with E-state index in [1.807, 2.05) is 6.07 Å². The summed E-state index contributed by atoms with van der Waals surface area (Å²) in [7, 11) is 0. The summed E-state index contributed by atoms with van der Waals surface area (Å²) in [6, 6.07) is 7.05. The number of benzene rings is 1. The first kappa shape index (κ1) is 11.9. The first-order chi connectivity index (χ1) is 8.25. The highest BCUT2D eigenvalue weighted by molar-refractivity contribution is 5.51. The van der Waals surface area contributed by atoms with Crippen LogP contribution in [0.1, 0.15) is 19.3 Å². The molecule has 1 heterocycles. The molecule has 0 radical (unpaired) electrons. The third-order valence-electron chi connectivity index (χ3n) is 2.97. The van der Waals surface area contributed by atoms with Gasteiger partial charge in [-0.15, -0.1) is 0 Å². The number of nitrogens with zero attached hydrogens (tertiary/aromatic N) is 1. The van der Waals surface area contributed by atoms with E-state index < -0.39 is 0 Å². The minimum Gasteiger partial charge on any atom is -0.381 e. The Hall–Kier alpha value is -1.62. The summed E-state index contributed by atoms with van der Waals surface area (Å²) in [5.74, 6) is 0. The standard InChI is InChI=1S/C12H17N3O2/c16-15(17)12-6-3-5-10(8-12)14-11-4-1-2-7-13-9-11/h3,5-6,8,11,13-14H,1-2,4,7,9H2. The van der Waals surface area contributed by atoms with Gasteiger partial charge in [0.25, 0.3) is 5.69 Å². The summed E-state index contributed by atoms with van der Waals surface area (Å²) in [5, 5.41) is 17.4. The van der Waals surface area contributed by atoms with Crippen LogP contribution in [0.15, 0.2) is 24.3 Å². The van der Waals surface area contributed by atoms with E-state index in [0.717, 1.165) is 25.2 Å². The van der Waals surface area contributed by atoms with E-state index in [1.165, 1.54) is 18.9 Å². The van der Waals surface area contributed by atoms with Crippen molar-refractivity contribution in [1.29, 1.82) is 0 Å². The lowest BCUT2D eigenvalue weighted by Crippen LogP contribution is -2.30. The molecule has 1 saturated heterocycles. The molecular weight excluding hydrogens is 218 g/mol. The Morgan fingerprint density at radius 2 is 2.29 bits per heavy atom. The van der Waals surface area contributed by atoms with Crippen LogP contribution < -0.4 is 10.6 Å². The molecule has 17 heavy (non-hydrogen) atoms. The highest BCUT2D eigenvalue weighted by Crippen LogP contribution is 2.19. The van der Waals surface area contributed by atoms with E-state index in [-0.39, 0.29) is 10.6 Å². The smallest absolute Gasteiger partial charge is 0.271 e. The van der Waals surface area contributed by atoms with Crippen molar-refractivity contribution in [2.75, 3.05) is 18.4 Å². The van der Waals surface area contributed by atoms with Gasteiger partial charge in [-0.05, 0) is 25.5 Å². The van der Waals surface area contributed by atoms with Crippen molar-refractivity contribution < 1.29 is 4.92 Å². The molecule has 1 unspecified atom stereocenters. The fourth-order valence-electron chi connectivity index (χ4n) is 2.09. The van der Waals surface area contributed by atoms with Gasteiger partial charge >= 0.3 is 0 Å². The number of anilines is 1. The minimum atomic E-state index is -0.365. The van der Waals surface area contributed by atoms with Crippen LogP contribution in [0.4, 0.5) is 11.4 Å². The second kappa shape index (κ2) is 5.63. The van der Waals surface area contributed by atoms with Crippen LogP contribution in [0, 0.1) is 10.1 Å². The van der Waals surface area contributed by atoms with Crippen LogP contribution in [-0.4, -0.2) is 24.1 Å². The highest BCUT2D eigenvalue weighted by atomic mass is 16.6. The maximum atomic E-state index is 10.7. The summed E-state index contributed by atoms with van der Waals surface area (Å²) in [5.41, 5.74) is 0.962. The fraction of sp³-hybridized carbons (Fsp3) is 0.500. The van der Waals surface area contributed by atoms with Gasteiger partial charge in [-0.2, -0.15) is 0 Å². The fourth-order valence-corrected chi connectivity index (χ4v) is 2.09. The van der Waals surface area contributed by atoms with Gasteiger partial charge in [0, 0.05) is 30.4 Å². The molecule has 5 nitrogen and oxygen atoms in total. The Kier molecular flexibility index (Phi) is 3.93. The van der Waals surface area contributed by atoms with Crippen molar-refractivity contribution >= 4 is 11.4 Å². The molecule has 0 aromatic heterocycles. The molecule has 0 spiro atoms. The first-order valence-electron chi connectivity index (χ1n) is 5.97. The zero-order valence-electron chi connectivity index (χ0n) is 9.69. The van der Waals surface area contributed by atoms with Crippen LogP contribution in [0.3, 0.4) is 0 Å². The molecule has 1 fully saturated rings. The van der Waals surface area contributed by atoms with E-state index in [1.54, 1.807) is 12.1 Å². The lowest BCUT2D eigenvalue weighted by molar-refractivity contribution is -0.384. The third kappa shape index (κ3) is 3.42. The van der Waals surface area contributed by atoms with E-state index in [4.69, 9.17) is 0 Å². The first-order valence-corrected chi connectivity index (χ1v) is 5.97. The summed E-state index contributed by atoms with van der Waals surface area (Å²) >= 11 is 0. The summed E-state index contributed by atoms with van der Waals surface area (Å²) in [6.07, 6.45) is 3.50. The molecule has 92 valence electrons. The number of rotatable bonds is 3. The molecule has 1 aliphatic rings. The molecule has 1 aromatic carbocycles.